The smallest absolute Gasteiger partial charge is 0.335 e. The van der Waals surface area contributed by atoms with Crippen molar-refractivity contribution in [2.75, 3.05) is 14.2 Å². The van der Waals surface area contributed by atoms with Gasteiger partial charge in [0, 0.05) is 30.6 Å². The van der Waals surface area contributed by atoms with Crippen LogP contribution in [0.2, 0.25) is 0 Å². The number of carbonyl (C=O) groups is 3. The number of primary amides is 1. The van der Waals surface area contributed by atoms with Crippen LogP contribution in [0.15, 0.2) is 42.5 Å². The van der Waals surface area contributed by atoms with Gasteiger partial charge in [0.2, 0.25) is 5.91 Å². The number of ether oxygens (including phenoxy) is 1. The van der Waals surface area contributed by atoms with Gasteiger partial charge in [-0.15, -0.1) is 0 Å². The lowest BCUT2D eigenvalue weighted by Crippen LogP contribution is -2.37. The summed E-state index contributed by atoms with van der Waals surface area (Å²) in [7, 11) is 3.09. The fourth-order valence-corrected chi connectivity index (χ4v) is 2.69. The van der Waals surface area contributed by atoms with Crippen molar-refractivity contribution in [3.63, 3.8) is 0 Å². The van der Waals surface area contributed by atoms with Gasteiger partial charge in [0.25, 0.3) is 5.91 Å². The summed E-state index contributed by atoms with van der Waals surface area (Å²) in [4.78, 5) is 36.1. The Morgan fingerprint density at radius 1 is 1.11 bits per heavy atom. The summed E-state index contributed by atoms with van der Waals surface area (Å²) in [6.07, 6.45) is 0.0907. The van der Waals surface area contributed by atoms with Gasteiger partial charge in [-0.2, -0.15) is 0 Å². The fraction of sp³-hybridized carbons (Fsp3) is 0.250. The fourth-order valence-electron chi connectivity index (χ4n) is 2.69. The zero-order valence-electron chi connectivity index (χ0n) is 15.4. The lowest BCUT2D eigenvalue weighted by Gasteiger charge is -2.24. The zero-order valence-corrected chi connectivity index (χ0v) is 15.4. The molecule has 27 heavy (non-hydrogen) atoms. The third-order valence-electron chi connectivity index (χ3n) is 4.37. The Kier molecular flexibility index (Phi) is 6.18. The standard InChI is InChI=1S/C20H22N2O5/c1-12(10-18(21)23)22(2)19(24)14-6-4-13(5-7-14)16-9-8-15(20(25)26)11-17(16)27-3/h4-9,11-12H,10H2,1-3H3,(H2,21,23)(H,25,26). The van der Waals surface area contributed by atoms with Crippen molar-refractivity contribution < 1.29 is 24.2 Å². The van der Waals surface area contributed by atoms with Crippen molar-refractivity contribution in [3.8, 4) is 16.9 Å². The number of nitrogens with two attached hydrogens (primary N) is 1. The SMILES string of the molecule is COc1cc(C(=O)O)ccc1-c1ccc(C(=O)N(C)C(C)CC(N)=O)cc1. The number of methoxy groups -OCH3 is 1. The second kappa shape index (κ2) is 8.35. The molecule has 0 aromatic heterocycles. The Labute approximate surface area is 157 Å². The lowest BCUT2D eigenvalue weighted by atomic mass is 10.0. The number of rotatable bonds is 7. The van der Waals surface area contributed by atoms with Gasteiger partial charge in [-0.25, -0.2) is 4.79 Å². The molecule has 7 nitrogen and oxygen atoms in total. The number of hydrogen-bond donors (Lipinski definition) is 2. The minimum atomic E-state index is -1.03. The molecule has 0 aliphatic carbocycles. The average molecular weight is 370 g/mol. The molecule has 0 spiro atoms. The van der Waals surface area contributed by atoms with Crippen LogP contribution in [0.1, 0.15) is 34.1 Å². The second-order valence-corrected chi connectivity index (χ2v) is 6.23. The molecule has 2 aromatic carbocycles. The Bertz CT molecular complexity index is 861. The first kappa shape index (κ1) is 20.0. The van der Waals surface area contributed by atoms with Gasteiger partial charge in [-0.05, 0) is 42.8 Å². The minimum Gasteiger partial charge on any atom is -0.496 e. The zero-order chi connectivity index (χ0) is 20.1. The van der Waals surface area contributed by atoms with Crippen molar-refractivity contribution in [1.82, 2.24) is 4.90 Å². The van der Waals surface area contributed by atoms with Crippen LogP contribution in [0, 0.1) is 0 Å². The summed E-state index contributed by atoms with van der Waals surface area (Å²) in [5, 5.41) is 9.09. The molecule has 0 aliphatic rings. The van der Waals surface area contributed by atoms with Crippen LogP contribution >= 0.6 is 0 Å². The highest BCUT2D eigenvalue weighted by atomic mass is 16.5. The van der Waals surface area contributed by atoms with Crippen molar-refractivity contribution in [2.24, 2.45) is 5.73 Å². The second-order valence-electron chi connectivity index (χ2n) is 6.23. The topological polar surface area (TPSA) is 110 Å². The number of amides is 2. The molecule has 0 saturated carbocycles. The molecular formula is C20H22N2O5. The van der Waals surface area contributed by atoms with Crippen LogP contribution in [-0.4, -0.2) is 48.0 Å². The van der Waals surface area contributed by atoms with Crippen LogP contribution in [0.5, 0.6) is 5.75 Å². The van der Waals surface area contributed by atoms with E-state index >= 15 is 0 Å². The lowest BCUT2D eigenvalue weighted by molar-refractivity contribution is -0.118. The predicted octanol–water partition coefficient (Wildman–Crippen LogP) is 2.40. The molecule has 3 N–H and O–H groups in total. The summed E-state index contributed by atoms with van der Waals surface area (Å²) in [5.41, 5.74) is 7.29. The van der Waals surface area contributed by atoms with Gasteiger partial charge in [0.15, 0.2) is 0 Å². The summed E-state index contributed by atoms with van der Waals surface area (Å²) < 4.78 is 5.29. The molecule has 1 atom stereocenters. The molecular weight excluding hydrogens is 348 g/mol. The molecule has 0 fully saturated rings. The molecule has 2 rings (SSSR count). The van der Waals surface area contributed by atoms with Crippen LogP contribution in [0.25, 0.3) is 11.1 Å². The quantitative estimate of drug-likeness (QED) is 0.778. The van der Waals surface area contributed by atoms with Crippen LogP contribution < -0.4 is 10.5 Å². The highest BCUT2D eigenvalue weighted by Crippen LogP contribution is 2.31. The highest BCUT2D eigenvalue weighted by Gasteiger charge is 2.19. The Balaban J connectivity index is 2.26. The first-order valence-corrected chi connectivity index (χ1v) is 8.31. The Morgan fingerprint density at radius 2 is 1.70 bits per heavy atom. The van der Waals surface area contributed by atoms with E-state index in [0.29, 0.717) is 11.3 Å². The monoisotopic (exact) mass is 370 g/mol. The molecule has 0 saturated heterocycles. The van der Waals surface area contributed by atoms with E-state index in [1.165, 1.54) is 24.1 Å². The molecule has 142 valence electrons. The molecule has 2 amide bonds. The predicted molar refractivity (Wildman–Crippen MR) is 101 cm³/mol. The van der Waals surface area contributed by atoms with Crippen molar-refractivity contribution in [2.45, 2.75) is 19.4 Å². The van der Waals surface area contributed by atoms with E-state index in [-0.39, 0.29) is 23.9 Å². The maximum absolute atomic E-state index is 12.5. The first-order chi connectivity index (χ1) is 12.7. The molecule has 0 heterocycles. The summed E-state index contributed by atoms with van der Waals surface area (Å²) in [6.45, 7) is 1.76. The van der Waals surface area contributed by atoms with Gasteiger partial charge < -0.3 is 20.5 Å². The maximum atomic E-state index is 12.5. The third-order valence-corrected chi connectivity index (χ3v) is 4.37. The first-order valence-electron chi connectivity index (χ1n) is 8.31. The van der Waals surface area contributed by atoms with E-state index in [1.807, 2.05) is 0 Å². The number of hydrogen-bond acceptors (Lipinski definition) is 4. The summed E-state index contributed by atoms with van der Waals surface area (Å²) in [6, 6.07) is 11.2. The number of carbonyl (C=O) groups excluding carboxylic acids is 2. The van der Waals surface area contributed by atoms with E-state index < -0.39 is 11.9 Å². The maximum Gasteiger partial charge on any atom is 0.335 e. The summed E-state index contributed by atoms with van der Waals surface area (Å²) in [5.74, 6) is -1.28. The van der Waals surface area contributed by atoms with Crippen LogP contribution in [0.4, 0.5) is 0 Å². The molecule has 0 bridgehead atoms. The van der Waals surface area contributed by atoms with E-state index in [4.69, 9.17) is 15.6 Å². The number of carboxylic acid groups (broad SMARTS) is 1. The number of benzene rings is 2. The van der Waals surface area contributed by atoms with E-state index in [2.05, 4.69) is 0 Å². The largest absolute Gasteiger partial charge is 0.496 e. The molecule has 1 unspecified atom stereocenters. The molecule has 2 aromatic rings. The average Bonchev–Trinajstić information content (AvgIpc) is 2.65. The minimum absolute atomic E-state index is 0.0907. The van der Waals surface area contributed by atoms with Gasteiger partial charge >= 0.3 is 5.97 Å². The number of aromatic carboxylic acids is 1. The number of carboxylic acids is 1. The van der Waals surface area contributed by atoms with Gasteiger partial charge in [0.1, 0.15) is 5.75 Å². The van der Waals surface area contributed by atoms with Crippen LogP contribution in [-0.2, 0) is 4.79 Å². The Morgan fingerprint density at radius 3 is 2.22 bits per heavy atom. The highest BCUT2D eigenvalue weighted by molar-refractivity contribution is 5.95. The van der Waals surface area contributed by atoms with Gasteiger partial charge in [-0.3, -0.25) is 9.59 Å². The third kappa shape index (κ3) is 4.63. The molecule has 7 heteroatoms. The van der Waals surface area contributed by atoms with Crippen molar-refractivity contribution in [1.29, 1.82) is 0 Å². The summed E-state index contributed by atoms with van der Waals surface area (Å²) >= 11 is 0. The van der Waals surface area contributed by atoms with Crippen molar-refractivity contribution >= 4 is 17.8 Å². The van der Waals surface area contributed by atoms with Crippen molar-refractivity contribution in [3.05, 3.63) is 53.6 Å². The molecule has 0 aliphatic heterocycles. The normalized spacial score (nSPS) is 11.5. The molecule has 0 radical (unpaired) electrons. The van der Waals surface area contributed by atoms with Gasteiger partial charge in [-0.1, -0.05) is 12.1 Å². The van der Waals surface area contributed by atoms with E-state index in [0.717, 1.165) is 11.1 Å². The van der Waals surface area contributed by atoms with Gasteiger partial charge in [0.05, 0.1) is 12.7 Å². The van der Waals surface area contributed by atoms with E-state index in [1.54, 1.807) is 44.3 Å². The van der Waals surface area contributed by atoms with Crippen LogP contribution in [0.3, 0.4) is 0 Å². The van der Waals surface area contributed by atoms with E-state index in [9.17, 15) is 14.4 Å². The Hall–Kier alpha value is -3.35. The number of nitrogens with zero attached hydrogens (tertiary/aromatic N) is 1.